The van der Waals surface area contributed by atoms with Crippen molar-refractivity contribution in [2.45, 2.75) is 37.8 Å². The third-order valence-corrected chi connectivity index (χ3v) is 3.35. The van der Waals surface area contributed by atoms with E-state index in [4.69, 9.17) is 9.84 Å². The van der Waals surface area contributed by atoms with Crippen molar-refractivity contribution in [3.63, 3.8) is 0 Å². The van der Waals surface area contributed by atoms with Crippen LogP contribution in [-0.4, -0.2) is 30.3 Å². The van der Waals surface area contributed by atoms with Gasteiger partial charge in [0, 0.05) is 25.3 Å². The molecule has 1 fully saturated rings. The normalized spacial score (nSPS) is 22.3. The van der Waals surface area contributed by atoms with E-state index in [0.29, 0.717) is 18.6 Å². The van der Waals surface area contributed by atoms with Crippen molar-refractivity contribution in [3.8, 4) is 0 Å². The van der Waals surface area contributed by atoms with Crippen molar-refractivity contribution in [3.05, 3.63) is 29.8 Å². The maximum atomic E-state index is 10.5. The summed E-state index contributed by atoms with van der Waals surface area (Å²) in [4.78, 5) is 10.5. The van der Waals surface area contributed by atoms with Gasteiger partial charge in [0.25, 0.3) is 0 Å². The topological polar surface area (TPSA) is 58.6 Å². The number of benzene rings is 1. The zero-order valence-corrected chi connectivity index (χ0v) is 10.6. The third kappa shape index (κ3) is 3.47. The van der Waals surface area contributed by atoms with Gasteiger partial charge in [0.15, 0.2) is 0 Å². The van der Waals surface area contributed by atoms with Crippen LogP contribution in [0.3, 0.4) is 0 Å². The number of aryl methyl sites for hydroxylation is 1. The molecule has 0 bridgehead atoms. The fourth-order valence-corrected chi connectivity index (χ4v) is 2.18. The number of carboxylic acids is 1. The lowest BCUT2D eigenvalue weighted by atomic mass is 9.89. The lowest BCUT2D eigenvalue weighted by Crippen LogP contribution is -2.40. The molecule has 0 radical (unpaired) electrons. The summed E-state index contributed by atoms with van der Waals surface area (Å²) in [6, 6.07) is 8.46. The maximum absolute atomic E-state index is 10.5. The first-order chi connectivity index (χ1) is 8.67. The van der Waals surface area contributed by atoms with Gasteiger partial charge >= 0.3 is 5.97 Å². The molecule has 1 aromatic carbocycles. The summed E-state index contributed by atoms with van der Waals surface area (Å²) in [5.41, 5.74) is 2.13. The first-order valence-electron chi connectivity index (χ1n) is 6.27. The molecule has 0 atom stereocenters. The van der Waals surface area contributed by atoms with Gasteiger partial charge in [-0.1, -0.05) is 12.1 Å². The minimum absolute atomic E-state index is 0.179. The molecule has 1 aliphatic carbocycles. The largest absolute Gasteiger partial charge is 0.481 e. The summed E-state index contributed by atoms with van der Waals surface area (Å²) in [5.74, 6) is -0.754. The quantitative estimate of drug-likeness (QED) is 0.812. The number of aliphatic carboxylic acids is 1. The van der Waals surface area contributed by atoms with E-state index in [-0.39, 0.29) is 6.42 Å². The van der Waals surface area contributed by atoms with Crippen LogP contribution in [-0.2, 0) is 16.0 Å². The van der Waals surface area contributed by atoms with E-state index < -0.39 is 5.97 Å². The van der Waals surface area contributed by atoms with Gasteiger partial charge in [-0.2, -0.15) is 0 Å². The lowest BCUT2D eigenvalue weighted by molar-refractivity contribution is -0.136. The summed E-state index contributed by atoms with van der Waals surface area (Å²) in [5, 5.41) is 12.1. The second-order valence-electron chi connectivity index (χ2n) is 4.76. The molecule has 0 aromatic heterocycles. The lowest BCUT2D eigenvalue weighted by Gasteiger charge is -2.35. The van der Waals surface area contributed by atoms with Crippen LogP contribution in [0.5, 0.6) is 0 Å². The minimum Gasteiger partial charge on any atom is -0.481 e. The van der Waals surface area contributed by atoms with Crippen LogP contribution in [0.4, 0.5) is 5.69 Å². The standard InChI is InChI=1S/C14H19NO3/c1-18-13-8-12(9-13)15-11-4-2-3-10(7-11)5-6-14(16)17/h2-4,7,12-13,15H,5-6,8-9H2,1H3,(H,16,17). The molecule has 0 saturated heterocycles. The number of hydrogen-bond donors (Lipinski definition) is 2. The Labute approximate surface area is 107 Å². The number of nitrogens with one attached hydrogen (secondary N) is 1. The van der Waals surface area contributed by atoms with Crippen LogP contribution in [0.2, 0.25) is 0 Å². The molecule has 18 heavy (non-hydrogen) atoms. The minimum atomic E-state index is -0.754. The van der Waals surface area contributed by atoms with E-state index in [0.717, 1.165) is 24.1 Å². The predicted molar refractivity (Wildman–Crippen MR) is 69.8 cm³/mol. The number of rotatable bonds is 6. The molecule has 0 amide bonds. The zero-order chi connectivity index (χ0) is 13.0. The van der Waals surface area contributed by atoms with Gasteiger partial charge in [-0.3, -0.25) is 4.79 Å². The van der Waals surface area contributed by atoms with Crippen molar-refractivity contribution in [2.24, 2.45) is 0 Å². The van der Waals surface area contributed by atoms with Crippen molar-refractivity contribution < 1.29 is 14.6 Å². The van der Waals surface area contributed by atoms with Crippen molar-refractivity contribution in [1.82, 2.24) is 0 Å². The first-order valence-corrected chi connectivity index (χ1v) is 6.27. The number of carbonyl (C=O) groups is 1. The van der Waals surface area contributed by atoms with Crippen LogP contribution < -0.4 is 5.32 Å². The smallest absolute Gasteiger partial charge is 0.303 e. The number of hydrogen-bond acceptors (Lipinski definition) is 3. The molecule has 1 aromatic rings. The number of carboxylic acid groups (broad SMARTS) is 1. The van der Waals surface area contributed by atoms with Crippen LogP contribution in [0.1, 0.15) is 24.8 Å². The van der Waals surface area contributed by atoms with Gasteiger partial charge < -0.3 is 15.2 Å². The number of methoxy groups -OCH3 is 1. The maximum Gasteiger partial charge on any atom is 0.303 e. The molecular formula is C14H19NO3. The molecule has 1 aliphatic rings. The highest BCUT2D eigenvalue weighted by atomic mass is 16.5. The van der Waals surface area contributed by atoms with Crippen molar-refractivity contribution in [2.75, 3.05) is 12.4 Å². The summed E-state index contributed by atoms with van der Waals surface area (Å²) in [7, 11) is 1.74. The summed E-state index contributed by atoms with van der Waals surface area (Å²) < 4.78 is 5.24. The molecule has 98 valence electrons. The van der Waals surface area contributed by atoms with Crippen LogP contribution >= 0.6 is 0 Å². The molecule has 2 N–H and O–H groups in total. The fourth-order valence-electron chi connectivity index (χ4n) is 2.18. The second-order valence-corrected chi connectivity index (χ2v) is 4.76. The Morgan fingerprint density at radius 3 is 2.94 bits per heavy atom. The van der Waals surface area contributed by atoms with Crippen LogP contribution in [0, 0.1) is 0 Å². The van der Waals surface area contributed by atoms with Crippen LogP contribution in [0.15, 0.2) is 24.3 Å². The molecule has 0 aliphatic heterocycles. The third-order valence-electron chi connectivity index (χ3n) is 3.35. The Balaban J connectivity index is 1.85. The van der Waals surface area contributed by atoms with Crippen molar-refractivity contribution in [1.29, 1.82) is 0 Å². The SMILES string of the molecule is COC1CC(Nc2cccc(CCC(=O)O)c2)C1. The Kier molecular flexibility index (Phi) is 4.20. The molecule has 0 unspecified atom stereocenters. The zero-order valence-electron chi connectivity index (χ0n) is 10.6. The van der Waals surface area contributed by atoms with Gasteiger partial charge in [-0.05, 0) is 37.0 Å². The fraction of sp³-hybridized carbons (Fsp3) is 0.500. The van der Waals surface area contributed by atoms with Gasteiger partial charge in [-0.25, -0.2) is 0 Å². The highest BCUT2D eigenvalue weighted by molar-refractivity contribution is 5.67. The molecule has 4 heteroatoms. The van der Waals surface area contributed by atoms with Gasteiger partial charge in [0.1, 0.15) is 0 Å². The molecule has 4 nitrogen and oxygen atoms in total. The monoisotopic (exact) mass is 249 g/mol. The first kappa shape index (κ1) is 12.9. The molecule has 0 spiro atoms. The second kappa shape index (κ2) is 5.87. The van der Waals surface area contributed by atoms with E-state index in [2.05, 4.69) is 5.32 Å². The molecule has 2 rings (SSSR count). The summed E-state index contributed by atoms with van der Waals surface area (Å²) >= 11 is 0. The van der Waals surface area contributed by atoms with E-state index in [1.54, 1.807) is 7.11 Å². The average Bonchev–Trinajstić information content (AvgIpc) is 2.31. The van der Waals surface area contributed by atoms with Crippen molar-refractivity contribution >= 4 is 11.7 Å². The van der Waals surface area contributed by atoms with E-state index >= 15 is 0 Å². The Morgan fingerprint density at radius 2 is 2.28 bits per heavy atom. The van der Waals surface area contributed by atoms with E-state index in [1.165, 1.54) is 0 Å². The average molecular weight is 249 g/mol. The molecular weight excluding hydrogens is 230 g/mol. The molecule has 0 heterocycles. The van der Waals surface area contributed by atoms with Gasteiger partial charge in [0.2, 0.25) is 0 Å². The molecule has 1 saturated carbocycles. The van der Waals surface area contributed by atoms with Crippen LogP contribution in [0.25, 0.3) is 0 Å². The Bertz CT molecular complexity index is 413. The summed E-state index contributed by atoms with van der Waals surface area (Å²) in [6.07, 6.45) is 3.22. The highest BCUT2D eigenvalue weighted by Gasteiger charge is 2.28. The number of ether oxygens (including phenoxy) is 1. The van der Waals surface area contributed by atoms with Gasteiger partial charge in [0.05, 0.1) is 6.10 Å². The van der Waals surface area contributed by atoms with Gasteiger partial charge in [-0.15, -0.1) is 0 Å². The number of anilines is 1. The summed E-state index contributed by atoms with van der Waals surface area (Å²) in [6.45, 7) is 0. The van der Waals surface area contributed by atoms with E-state index in [9.17, 15) is 4.79 Å². The highest BCUT2D eigenvalue weighted by Crippen LogP contribution is 2.26. The van der Waals surface area contributed by atoms with E-state index in [1.807, 2.05) is 24.3 Å². The predicted octanol–water partition coefficient (Wildman–Crippen LogP) is 2.29. The Morgan fingerprint density at radius 1 is 1.50 bits per heavy atom. The Hall–Kier alpha value is -1.55.